The second-order valence-corrected chi connectivity index (χ2v) is 4.25. The van der Waals surface area contributed by atoms with Crippen LogP contribution in [0.5, 0.6) is 0 Å². The minimum Gasteiger partial charge on any atom is -0.394 e. The lowest BCUT2D eigenvalue weighted by Crippen LogP contribution is -2.16. The summed E-state index contributed by atoms with van der Waals surface area (Å²) in [5, 5.41) is 9.04. The number of hydrogen-bond donors (Lipinski definition) is 3. The van der Waals surface area contributed by atoms with Crippen LogP contribution in [0.3, 0.4) is 0 Å². The smallest absolute Gasteiger partial charge is 0.280 e. The zero-order valence-electron chi connectivity index (χ0n) is 9.54. The topological polar surface area (TPSA) is 119 Å². The van der Waals surface area contributed by atoms with E-state index in [4.69, 9.17) is 15.6 Å². The lowest BCUT2D eigenvalue weighted by atomic mass is 10.2. The third-order valence-corrected chi connectivity index (χ3v) is 3.05. The maximum Gasteiger partial charge on any atom is 0.280 e. The van der Waals surface area contributed by atoms with Crippen LogP contribution in [0.25, 0.3) is 11.2 Å². The van der Waals surface area contributed by atoms with E-state index >= 15 is 0 Å². The molecule has 0 radical (unpaired) electrons. The molecule has 0 aliphatic carbocycles. The highest BCUT2D eigenvalue weighted by atomic mass is 16.5. The standard InChI is InChI=1S/C10H13N5O3/c11-10-13-8-7(9(17)14-10)12-4-15(8)6-2-1-5(3-16)18-6/h4-6,16H,1-3H2,(H3,11,13,14,17)/t5?,6-/m1/s1. The Hall–Kier alpha value is -1.93. The number of nitrogens with zero attached hydrogens (tertiary/aromatic N) is 3. The monoisotopic (exact) mass is 251 g/mol. The van der Waals surface area contributed by atoms with Crippen LogP contribution in [0, 0.1) is 0 Å². The van der Waals surface area contributed by atoms with Gasteiger partial charge in [0, 0.05) is 0 Å². The summed E-state index contributed by atoms with van der Waals surface area (Å²) in [5.74, 6) is 0.0472. The number of aromatic nitrogens is 4. The molecular formula is C10H13N5O3. The zero-order chi connectivity index (χ0) is 12.7. The Bertz CT molecular complexity index is 634. The highest BCUT2D eigenvalue weighted by molar-refractivity contribution is 5.70. The summed E-state index contributed by atoms with van der Waals surface area (Å²) < 4.78 is 7.30. The van der Waals surface area contributed by atoms with Gasteiger partial charge in [-0.15, -0.1) is 0 Å². The molecule has 8 nitrogen and oxygen atoms in total. The third kappa shape index (κ3) is 1.66. The summed E-state index contributed by atoms with van der Waals surface area (Å²) in [6.45, 7) is -0.0146. The van der Waals surface area contributed by atoms with Gasteiger partial charge in [-0.25, -0.2) is 4.98 Å². The molecule has 3 heterocycles. The molecule has 2 aromatic rings. The number of aliphatic hydroxyl groups excluding tert-OH is 1. The van der Waals surface area contributed by atoms with E-state index < -0.39 is 0 Å². The second-order valence-electron chi connectivity index (χ2n) is 4.25. The van der Waals surface area contributed by atoms with Gasteiger partial charge in [0.2, 0.25) is 5.95 Å². The number of nitrogens with two attached hydrogens (primary N) is 1. The largest absolute Gasteiger partial charge is 0.394 e. The molecule has 1 aliphatic heterocycles. The van der Waals surface area contributed by atoms with Crippen molar-refractivity contribution in [3.63, 3.8) is 0 Å². The van der Waals surface area contributed by atoms with Crippen LogP contribution in [0.2, 0.25) is 0 Å². The minimum atomic E-state index is -0.368. The van der Waals surface area contributed by atoms with Crippen LogP contribution in [-0.4, -0.2) is 37.3 Å². The molecule has 1 saturated heterocycles. The number of ether oxygens (including phenoxy) is 1. The van der Waals surface area contributed by atoms with E-state index in [1.807, 2.05) is 0 Å². The van der Waals surface area contributed by atoms with Gasteiger partial charge in [-0.2, -0.15) is 4.98 Å². The van der Waals surface area contributed by atoms with Gasteiger partial charge in [0.1, 0.15) is 6.23 Å². The van der Waals surface area contributed by atoms with E-state index in [1.165, 1.54) is 6.33 Å². The van der Waals surface area contributed by atoms with Crippen molar-refractivity contribution in [2.75, 3.05) is 12.3 Å². The lowest BCUT2D eigenvalue weighted by Gasteiger charge is -2.13. The SMILES string of the molecule is Nc1nc2c(ncn2[C@H]2CCC(CO)O2)c(=O)[nH]1. The normalized spacial score (nSPS) is 23.8. The first-order chi connectivity index (χ1) is 8.69. The van der Waals surface area contributed by atoms with Gasteiger partial charge in [-0.3, -0.25) is 14.3 Å². The Morgan fingerprint density at radius 3 is 3.17 bits per heavy atom. The number of rotatable bonds is 2. The number of nitrogen functional groups attached to an aromatic ring is 1. The number of aliphatic hydroxyl groups is 1. The molecule has 2 aromatic heterocycles. The fourth-order valence-electron chi connectivity index (χ4n) is 2.18. The van der Waals surface area contributed by atoms with Crippen molar-refractivity contribution in [1.29, 1.82) is 0 Å². The summed E-state index contributed by atoms with van der Waals surface area (Å²) in [7, 11) is 0. The molecule has 0 saturated carbocycles. The Balaban J connectivity index is 2.05. The number of hydrogen-bond acceptors (Lipinski definition) is 6. The summed E-state index contributed by atoms with van der Waals surface area (Å²) in [6, 6.07) is 0. The van der Waals surface area contributed by atoms with Crippen molar-refractivity contribution in [3.05, 3.63) is 16.7 Å². The lowest BCUT2D eigenvalue weighted by molar-refractivity contribution is -0.0207. The first-order valence-electron chi connectivity index (χ1n) is 5.67. The fourth-order valence-corrected chi connectivity index (χ4v) is 2.18. The van der Waals surface area contributed by atoms with E-state index in [-0.39, 0.29) is 36.0 Å². The molecule has 0 aromatic carbocycles. The molecule has 8 heteroatoms. The molecule has 1 fully saturated rings. The van der Waals surface area contributed by atoms with Crippen molar-refractivity contribution in [2.45, 2.75) is 25.2 Å². The molecule has 1 unspecified atom stereocenters. The Morgan fingerprint density at radius 2 is 2.44 bits per heavy atom. The van der Waals surface area contributed by atoms with E-state index in [2.05, 4.69) is 15.0 Å². The van der Waals surface area contributed by atoms with Gasteiger partial charge in [-0.05, 0) is 12.8 Å². The first-order valence-corrected chi connectivity index (χ1v) is 5.67. The number of anilines is 1. The molecular weight excluding hydrogens is 238 g/mol. The Kier molecular flexibility index (Phi) is 2.53. The zero-order valence-corrected chi connectivity index (χ0v) is 9.54. The minimum absolute atomic E-state index is 0.0146. The number of nitrogens with one attached hydrogen (secondary N) is 1. The predicted molar refractivity (Wildman–Crippen MR) is 62.8 cm³/mol. The van der Waals surface area contributed by atoms with Crippen LogP contribution in [0.1, 0.15) is 19.1 Å². The van der Waals surface area contributed by atoms with Gasteiger partial charge in [-0.1, -0.05) is 0 Å². The van der Waals surface area contributed by atoms with E-state index in [1.54, 1.807) is 4.57 Å². The Labute approximate surface area is 101 Å². The van der Waals surface area contributed by atoms with Gasteiger partial charge in [0.25, 0.3) is 5.56 Å². The maximum atomic E-state index is 11.6. The van der Waals surface area contributed by atoms with E-state index in [0.29, 0.717) is 5.65 Å². The van der Waals surface area contributed by atoms with Crippen LogP contribution in [0.15, 0.2) is 11.1 Å². The summed E-state index contributed by atoms with van der Waals surface area (Å²) >= 11 is 0. The molecule has 96 valence electrons. The van der Waals surface area contributed by atoms with Gasteiger partial charge in [0.15, 0.2) is 11.2 Å². The molecule has 2 atom stereocenters. The van der Waals surface area contributed by atoms with Crippen LogP contribution >= 0.6 is 0 Å². The van der Waals surface area contributed by atoms with Crippen molar-refractivity contribution < 1.29 is 9.84 Å². The molecule has 3 rings (SSSR count). The number of H-pyrrole nitrogens is 1. The van der Waals surface area contributed by atoms with Crippen molar-refractivity contribution in [1.82, 2.24) is 19.5 Å². The number of fused-ring (bicyclic) bond motifs is 1. The van der Waals surface area contributed by atoms with E-state index in [9.17, 15) is 4.79 Å². The van der Waals surface area contributed by atoms with Gasteiger partial charge >= 0.3 is 0 Å². The summed E-state index contributed by atoms with van der Waals surface area (Å²) in [5.41, 5.74) is 5.79. The van der Waals surface area contributed by atoms with Crippen LogP contribution < -0.4 is 11.3 Å². The van der Waals surface area contributed by atoms with Crippen molar-refractivity contribution >= 4 is 17.1 Å². The molecule has 0 bridgehead atoms. The summed E-state index contributed by atoms with van der Waals surface area (Å²) in [6.07, 6.45) is 2.58. The predicted octanol–water partition coefficient (Wildman–Crippen LogP) is -0.628. The fraction of sp³-hybridized carbons (Fsp3) is 0.500. The number of aromatic amines is 1. The van der Waals surface area contributed by atoms with Gasteiger partial charge < -0.3 is 15.6 Å². The molecule has 1 aliphatic rings. The van der Waals surface area contributed by atoms with Gasteiger partial charge in [0.05, 0.1) is 19.0 Å². The third-order valence-electron chi connectivity index (χ3n) is 3.05. The van der Waals surface area contributed by atoms with Crippen LogP contribution in [-0.2, 0) is 4.74 Å². The second kappa shape index (κ2) is 4.07. The average molecular weight is 251 g/mol. The molecule has 0 amide bonds. The molecule has 18 heavy (non-hydrogen) atoms. The van der Waals surface area contributed by atoms with Crippen molar-refractivity contribution in [3.8, 4) is 0 Å². The molecule has 0 spiro atoms. The highest BCUT2D eigenvalue weighted by Gasteiger charge is 2.27. The van der Waals surface area contributed by atoms with E-state index in [0.717, 1.165) is 12.8 Å². The average Bonchev–Trinajstić information content (AvgIpc) is 2.93. The van der Waals surface area contributed by atoms with Crippen LogP contribution in [0.4, 0.5) is 5.95 Å². The maximum absolute atomic E-state index is 11.6. The highest BCUT2D eigenvalue weighted by Crippen LogP contribution is 2.29. The molecule has 4 N–H and O–H groups in total. The quantitative estimate of drug-likeness (QED) is 0.654. The first kappa shape index (κ1) is 11.2. The summed E-state index contributed by atoms with van der Waals surface area (Å²) in [4.78, 5) is 22.1. The van der Waals surface area contributed by atoms with Crippen molar-refractivity contribution in [2.24, 2.45) is 0 Å². The Morgan fingerprint density at radius 1 is 1.61 bits per heavy atom. The number of imidazole rings is 1.